The van der Waals surface area contributed by atoms with Crippen molar-refractivity contribution in [3.05, 3.63) is 42.2 Å². The Kier molecular flexibility index (Phi) is 4.54. The zero-order valence-corrected chi connectivity index (χ0v) is 10.9. The summed E-state index contributed by atoms with van der Waals surface area (Å²) in [6, 6.07) is 3.50. The summed E-state index contributed by atoms with van der Waals surface area (Å²) in [4.78, 5) is 18.5. The van der Waals surface area contributed by atoms with Crippen LogP contribution in [0.1, 0.15) is 5.69 Å². The second-order valence-corrected chi connectivity index (χ2v) is 4.05. The average molecular weight is 278 g/mol. The van der Waals surface area contributed by atoms with Gasteiger partial charge in [-0.2, -0.15) is 0 Å². The second kappa shape index (κ2) is 6.55. The van der Waals surface area contributed by atoms with Crippen molar-refractivity contribution >= 4 is 11.7 Å². The predicted molar refractivity (Wildman–Crippen MR) is 72.3 cm³/mol. The first-order chi connectivity index (χ1) is 9.69. The number of rotatable bonds is 5. The van der Waals surface area contributed by atoms with Gasteiger partial charge in [0.05, 0.1) is 19.1 Å². The number of imidazole rings is 1. The molecule has 0 saturated carbocycles. The Morgan fingerprint density at radius 3 is 3.05 bits per heavy atom. The van der Waals surface area contributed by atoms with Crippen molar-refractivity contribution in [3.63, 3.8) is 0 Å². The monoisotopic (exact) mass is 278 g/mol. The molecule has 3 N–H and O–H groups in total. The molecule has 0 atom stereocenters. The smallest absolute Gasteiger partial charge is 0.319 e. The van der Waals surface area contributed by atoms with Gasteiger partial charge < -0.3 is 20.4 Å². The number of aromatic nitrogens is 2. The molecule has 0 unspecified atom stereocenters. The van der Waals surface area contributed by atoms with E-state index in [2.05, 4.69) is 20.6 Å². The van der Waals surface area contributed by atoms with Crippen LogP contribution in [0.4, 0.5) is 14.9 Å². The lowest BCUT2D eigenvalue weighted by atomic mass is 10.3. The Hall–Kier alpha value is -2.57. The van der Waals surface area contributed by atoms with Crippen LogP contribution in [0.5, 0.6) is 5.75 Å². The Balaban J connectivity index is 1.86. The fourth-order valence-electron chi connectivity index (χ4n) is 1.68. The molecule has 0 radical (unpaired) electrons. The minimum absolute atomic E-state index is 0.284. The van der Waals surface area contributed by atoms with Gasteiger partial charge in [-0.15, -0.1) is 0 Å². The molecule has 0 fully saturated rings. The second-order valence-electron chi connectivity index (χ2n) is 4.05. The van der Waals surface area contributed by atoms with Crippen LogP contribution in [0, 0.1) is 5.82 Å². The highest BCUT2D eigenvalue weighted by molar-refractivity contribution is 5.90. The minimum Gasteiger partial charge on any atom is -0.495 e. The van der Waals surface area contributed by atoms with Crippen molar-refractivity contribution in [1.29, 1.82) is 0 Å². The third kappa shape index (κ3) is 3.71. The highest BCUT2D eigenvalue weighted by atomic mass is 19.1. The van der Waals surface area contributed by atoms with Crippen LogP contribution in [0.2, 0.25) is 0 Å². The largest absolute Gasteiger partial charge is 0.495 e. The number of H-pyrrole nitrogens is 1. The van der Waals surface area contributed by atoms with E-state index in [1.54, 1.807) is 12.5 Å². The van der Waals surface area contributed by atoms with E-state index in [9.17, 15) is 9.18 Å². The number of amides is 2. The zero-order chi connectivity index (χ0) is 14.4. The number of urea groups is 1. The van der Waals surface area contributed by atoms with Gasteiger partial charge in [0, 0.05) is 30.9 Å². The summed E-state index contributed by atoms with van der Waals surface area (Å²) < 4.78 is 18.2. The molecular weight excluding hydrogens is 263 g/mol. The molecule has 0 spiro atoms. The SMILES string of the molecule is COc1ccc(F)cc1NC(=O)NCCc1cnc[nH]1. The summed E-state index contributed by atoms with van der Waals surface area (Å²) in [7, 11) is 1.45. The number of hydrogen-bond donors (Lipinski definition) is 3. The molecule has 1 aromatic heterocycles. The maximum atomic E-state index is 13.1. The van der Waals surface area contributed by atoms with Gasteiger partial charge in [-0.05, 0) is 12.1 Å². The molecule has 0 aliphatic rings. The number of aromatic amines is 1. The fraction of sp³-hybridized carbons (Fsp3) is 0.231. The van der Waals surface area contributed by atoms with Gasteiger partial charge in [0.1, 0.15) is 11.6 Å². The first-order valence-electron chi connectivity index (χ1n) is 6.04. The van der Waals surface area contributed by atoms with E-state index in [4.69, 9.17) is 4.74 Å². The summed E-state index contributed by atoms with van der Waals surface area (Å²) >= 11 is 0. The number of hydrogen-bond acceptors (Lipinski definition) is 3. The van der Waals surface area contributed by atoms with Crippen molar-refractivity contribution in [1.82, 2.24) is 15.3 Å². The lowest BCUT2D eigenvalue weighted by molar-refractivity contribution is 0.252. The standard InChI is InChI=1S/C13H15FN4O2/c1-20-12-3-2-9(14)6-11(12)18-13(19)16-5-4-10-7-15-8-17-10/h2-3,6-8H,4-5H2,1H3,(H,15,17)(H2,16,18,19). The van der Waals surface area contributed by atoms with Gasteiger partial charge in [0.25, 0.3) is 0 Å². The van der Waals surface area contributed by atoms with Crippen LogP contribution < -0.4 is 15.4 Å². The van der Waals surface area contributed by atoms with Crippen LogP contribution in [0.3, 0.4) is 0 Å². The topological polar surface area (TPSA) is 79.0 Å². The number of nitrogens with zero attached hydrogens (tertiary/aromatic N) is 1. The van der Waals surface area contributed by atoms with Crippen LogP contribution in [-0.4, -0.2) is 29.7 Å². The van der Waals surface area contributed by atoms with Crippen molar-refractivity contribution in [2.75, 3.05) is 19.0 Å². The summed E-state index contributed by atoms with van der Waals surface area (Å²) in [5.41, 5.74) is 1.21. The van der Waals surface area contributed by atoms with E-state index in [1.165, 1.54) is 25.3 Å². The predicted octanol–water partition coefficient (Wildman–Crippen LogP) is 1.92. The van der Waals surface area contributed by atoms with E-state index in [0.717, 1.165) is 5.69 Å². The number of nitrogens with one attached hydrogen (secondary N) is 3. The molecule has 2 aromatic rings. The zero-order valence-electron chi connectivity index (χ0n) is 10.9. The fourth-order valence-corrected chi connectivity index (χ4v) is 1.68. The Morgan fingerprint density at radius 1 is 1.50 bits per heavy atom. The highest BCUT2D eigenvalue weighted by Gasteiger charge is 2.08. The molecular formula is C13H15FN4O2. The number of carbonyl (C=O) groups excluding carboxylic acids is 1. The Morgan fingerprint density at radius 2 is 2.35 bits per heavy atom. The lowest BCUT2D eigenvalue weighted by Crippen LogP contribution is -2.30. The van der Waals surface area contributed by atoms with E-state index in [-0.39, 0.29) is 5.69 Å². The van der Waals surface area contributed by atoms with Crippen LogP contribution in [0.25, 0.3) is 0 Å². The maximum Gasteiger partial charge on any atom is 0.319 e. The van der Waals surface area contributed by atoms with Crippen LogP contribution in [0.15, 0.2) is 30.7 Å². The summed E-state index contributed by atoms with van der Waals surface area (Å²) in [5, 5.41) is 5.21. The molecule has 2 rings (SSSR count). The van der Waals surface area contributed by atoms with Crippen LogP contribution in [-0.2, 0) is 6.42 Å². The maximum absolute atomic E-state index is 13.1. The molecule has 1 heterocycles. The van der Waals surface area contributed by atoms with E-state index < -0.39 is 11.8 Å². The minimum atomic E-state index is -0.446. The van der Waals surface area contributed by atoms with Crippen molar-refractivity contribution in [3.8, 4) is 5.75 Å². The molecule has 2 amide bonds. The third-order valence-electron chi connectivity index (χ3n) is 2.64. The molecule has 6 nitrogen and oxygen atoms in total. The molecule has 1 aromatic carbocycles. The van der Waals surface area contributed by atoms with Gasteiger partial charge in [-0.3, -0.25) is 0 Å². The highest BCUT2D eigenvalue weighted by Crippen LogP contribution is 2.24. The van der Waals surface area contributed by atoms with E-state index in [1.807, 2.05) is 0 Å². The average Bonchev–Trinajstić information content (AvgIpc) is 2.92. The molecule has 0 saturated heterocycles. The van der Waals surface area contributed by atoms with E-state index in [0.29, 0.717) is 18.7 Å². The first-order valence-corrected chi connectivity index (χ1v) is 6.04. The van der Waals surface area contributed by atoms with Gasteiger partial charge in [0.2, 0.25) is 0 Å². The molecule has 106 valence electrons. The normalized spacial score (nSPS) is 10.1. The van der Waals surface area contributed by atoms with Crippen LogP contribution >= 0.6 is 0 Å². The molecule has 7 heteroatoms. The molecule has 0 aliphatic heterocycles. The van der Waals surface area contributed by atoms with Crippen molar-refractivity contribution in [2.45, 2.75) is 6.42 Å². The third-order valence-corrected chi connectivity index (χ3v) is 2.64. The van der Waals surface area contributed by atoms with E-state index >= 15 is 0 Å². The number of benzene rings is 1. The van der Waals surface area contributed by atoms with Gasteiger partial charge in [-0.1, -0.05) is 0 Å². The van der Waals surface area contributed by atoms with Crippen molar-refractivity contribution in [2.24, 2.45) is 0 Å². The quantitative estimate of drug-likeness (QED) is 0.781. The molecule has 0 bridgehead atoms. The van der Waals surface area contributed by atoms with Crippen molar-refractivity contribution < 1.29 is 13.9 Å². The first kappa shape index (κ1) is 13.9. The molecule has 0 aliphatic carbocycles. The summed E-state index contributed by atoms with van der Waals surface area (Å²) in [6.45, 7) is 0.436. The number of carbonyl (C=O) groups is 1. The number of halogens is 1. The van der Waals surface area contributed by atoms with Gasteiger partial charge >= 0.3 is 6.03 Å². The number of ether oxygens (including phenoxy) is 1. The van der Waals surface area contributed by atoms with Gasteiger partial charge in [-0.25, -0.2) is 14.2 Å². The Bertz CT molecular complexity index is 572. The lowest BCUT2D eigenvalue weighted by Gasteiger charge is -2.11. The number of anilines is 1. The van der Waals surface area contributed by atoms with Gasteiger partial charge in [0.15, 0.2) is 0 Å². The summed E-state index contributed by atoms with van der Waals surface area (Å²) in [6.07, 6.45) is 3.90. The Labute approximate surface area is 115 Å². The summed E-state index contributed by atoms with van der Waals surface area (Å²) in [5.74, 6) is -0.0475. The molecule has 20 heavy (non-hydrogen) atoms. The number of methoxy groups -OCH3 is 1.